The number of nitrogens with zero attached hydrogens (tertiary/aromatic N) is 4. The number of benzene rings is 8. The molecule has 0 radical (unpaired) electrons. The van der Waals surface area contributed by atoms with Crippen LogP contribution in [0.3, 0.4) is 0 Å². The van der Waals surface area contributed by atoms with Gasteiger partial charge < -0.3 is 19.9 Å². The summed E-state index contributed by atoms with van der Waals surface area (Å²) in [6, 6.07) is 65.3. The maximum Gasteiger partial charge on any atom is 0.362 e. The Morgan fingerprint density at radius 1 is 0.240 bits per heavy atom. The van der Waals surface area contributed by atoms with Crippen LogP contribution in [0.2, 0.25) is 0 Å². The van der Waals surface area contributed by atoms with E-state index in [1.165, 1.54) is 66.8 Å². The molecule has 12 heteroatoms. The fourth-order valence-electron chi connectivity index (χ4n) is 19.7. The summed E-state index contributed by atoms with van der Waals surface area (Å²) >= 11 is 0. The van der Waals surface area contributed by atoms with Crippen molar-refractivity contribution in [2.45, 2.75) is 157 Å². The zero-order valence-electron chi connectivity index (χ0n) is 75.4. The lowest BCUT2D eigenvalue weighted by Crippen LogP contribution is -2.28. The lowest BCUT2D eigenvalue weighted by molar-refractivity contribution is 0.0548. The SMILES string of the molecule is Cc1cc(C)c(-c2c3nc(c(-c4ccc(P(=O)(OC(C)(C)C)OC(C)(C)C)cc4)c4ccc([nH]4)c(-c4c(C)cc(C)cc4C)c4nc(c(-c5ccc(C#Cc6ccc(-c7c8nc(c(-c9c(C)cc(C)cc9C)c9ccc([nH]9)c(-c9c(C)cc(C)cc9C)c9nc(c(-c%10c(C)cc(C)cc%10C)c%10ccc7[nH]%10)C=C9)C=C8)cc6)cc5)c5ccc2[nH]5)C=C4)C=C3)c(C)c1. The topological polar surface area (TPSA) is 150 Å². The van der Waals surface area contributed by atoms with Crippen LogP contribution in [0.5, 0.6) is 0 Å². The highest BCUT2D eigenvalue weighted by atomic mass is 31.2. The van der Waals surface area contributed by atoms with E-state index in [4.69, 9.17) is 29.0 Å². The van der Waals surface area contributed by atoms with E-state index < -0.39 is 18.8 Å². The minimum atomic E-state index is -3.83. The molecule has 11 nitrogen and oxygen atoms in total. The van der Waals surface area contributed by atoms with E-state index in [9.17, 15) is 0 Å². The average Bonchev–Trinajstić information content (AvgIpc) is 1.61. The Labute approximate surface area is 734 Å². The second-order valence-corrected chi connectivity index (χ2v) is 38.6. The minimum absolute atomic E-state index is 0.468. The van der Waals surface area contributed by atoms with E-state index >= 15 is 4.57 Å². The summed E-state index contributed by atoms with van der Waals surface area (Å²) < 4.78 is 27.8. The van der Waals surface area contributed by atoms with Crippen molar-refractivity contribution in [1.82, 2.24) is 39.9 Å². The van der Waals surface area contributed by atoms with Crippen LogP contribution >= 0.6 is 7.60 Å². The highest BCUT2D eigenvalue weighted by molar-refractivity contribution is 7.62. The normalized spacial score (nSPS) is 12.6. The first-order valence-corrected chi connectivity index (χ1v) is 44.8. The third-order valence-electron chi connectivity index (χ3n) is 24.1. The van der Waals surface area contributed by atoms with Crippen LogP contribution in [0.15, 0.2) is 182 Å². The maximum absolute atomic E-state index is 15.0. The molecule has 4 aliphatic heterocycles. The van der Waals surface area contributed by atoms with Gasteiger partial charge in [0.1, 0.15) is 0 Å². The molecule has 0 aliphatic carbocycles. The molecule has 14 aromatic rings. The number of H-pyrrole nitrogens is 4. The van der Waals surface area contributed by atoms with Gasteiger partial charge in [0.15, 0.2) is 0 Å². The van der Waals surface area contributed by atoms with Crippen LogP contribution in [-0.2, 0) is 13.6 Å². The summed E-state index contributed by atoms with van der Waals surface area (Å²) in [5.74, 6) is 7.15. The van der Waals surface area contributed by atoms with Crippen LogP contribution in [0.4, 0.5) is 0 Å². The Morgan fingerprint density at radius 2 is 0.416 bits per heavy atom. The Balaban J connectivity index is 0.789. The van der Waals surface area contributed by atoms with E-state index in [0.717, 1.165) is 207 Å². The largest absolute Gasteiger partial charge is 0.362 e. The molecule has 8 aromatic carbocycles. The Bertz CT molecular complexity index is 7290. The lowest BCUT2D eigenvalue weighted by Gasteiger charge is -2.32. The molecule has 4 aliphatic rings. The fourth-order valence-corrected chi connectivity index (χ4v) is 22.0. The third kappa shape index (κ3) is 15.8. The van der Waals surface area contributed by atoms with Crippen LogP contribution in [0.1, 0.15) is 182 Å². The molecule has 18 rings (SSSR count). The van der Waals surface area contributed by atoms with Crippen molar-refractivity contribution in [3.63, 3.8) is 0 Å². The Morgan fingerprint density at radius 3 is 0.608 bits per heavy atom. The van der Waals surface area contributed by atoms with Crippen molar-refractivity contribution in [1.29, 1.82) is 0 Å². The van der Waals surface area contributed by atoms with Crippen LogP contribution < -0.4 is 5.30 Å². The molecule has 0 atom stereocenters. The smallest absolute Gasteiger partial charge is 0.354 e. The molecule has 125 heavy (non-hydrogen) atoms. The number of aromatic nitrogens is 8. The Hall–Kier alpha value is -13.3. The second kappa shape index (κ2) is 31.8. The molecular formula is C113H105N8O3P. The summed E-state index contributed by atoms with van der Waals surface area (Å²) in [4.78, 5) is 39.0. The molecular weight excluding hydrogens is 1550 g/mol. The predicted octanol–water partition coefficient (Wildman–Crippen LogP) is 29.4. The zero-order chi connectivity index (χ0) is 87.7. The lowest BCUT2D eigenvalue weighted by atomic mass is 9.92. The molecule has 0 fully saturated rings. The number of aryl methyl sites for hydroxylation is 15. The molecule has 0 amide bonds. The average molecular weight is 1650 g/mol. The van der Waals surface area contributed by atoms with E-state index in [1.807, 2.05) is 65.8 Å². The van der Waals surface area contributed by atoms with E-state index in [-0.39, 0.29) is 0 Å². The van der Waals surface area contributed by atoms with Gasteiger partial charge in [0.05, 0.1) is 62.1 Å². The van der Waals surface area contributed by atoms with Crippen molar-refractivity contribution in [2.75, 3.05) is 0 Å². The van der Waals surface area contributed by atoms with Gasteiger partial charge in [-0.15, -0.1) is 0 Å². The molecule has 0 saturated heterocycles. The van der Waals surface area contributed by atoms with Gasteiger partial charge in [-0.25, -0.2) is 19.9 Å². The first kappa shape index (κ1) is 82.6. The van der Waals surface area contributed by atoms with Crippen LogP contribution in [0, 0.1) is 116 Å². The van der Waals surface area contributed by atoms with Crippen LogP contribution in [0.25, 0.3) is 182 Å². The molecule has 0 spiro atoms. The third-order valence-corrected chi connectivity index (χ3v) is 26.6. The molecule has 0 saturated carbocycles. The van der Waals surface area contributed by atoms with E-state index in [1.54, 1.807) is 0 Å². The minimum Gasteiger partial charge on any atom is -0.354 e. The summed E-state index contributed by atoms with van der Waals surface area (Å²) in [7, 11) is -3.83. The van der Waals surface area contributed by atoms with Crippen molar-refractivity contribution in [2.24, 2.45) is 0 Å². The highest BCUT2D eigenvalue weighted by Crippen LogP contribution is 2.54. The molecule has 6 aromatic heterocycles. The van der Waals surface area contributed by atoms with Gasteiger partial charge in [-0.1, -0.05) is 137 Å². The summed E-state index contributed by atoms with van der Waals surface area (Å²) in [6.45, 7) is 44.3. The number of nitrogens with one attached hydrogen (secondary N) is 4. The van der Waals surface area contributed by atoms with Crippen molar-refractivity contribution in [3.8, 4) is 101 Å². The summed E-state index contributed by atoms with van der Waals surface area (Å²) in [6.07, 6.45) is 17.4. The number of hydrogen-bond donors (Lipinski definition) is 4. The summed E-state index contributed by atoms with van der Waals surface area (Å²) in [5.41, 5.74) is 48.2. The second-order valence-electron chi connectivity index (χ2n) is 36.7. The molecule has 4 N–H and O–H groups in total. The van der Waals surface area contributed by atoms with Gasteiger partial charge in [-0.05, 0) is 379 Å². The van der Waals surface area contributed by atoms with Gasteiger partial charge in [0, 0.05) is 99.8 Å². The number of hydrogen-bond acceptors (Lipinski definition) is 7. The van der Waals surface area contributed by atoms with Crippen molar-refractivity contribution >= 4 is 106 Å². The number of rotatable bonds is 11. The van der Waals surface area contributed by atoms with E-state index in [2.05, 4.69) is 342 Å². The zero-order valence-corrected chi connectivity index (χ0v) is 76.3. The molecule has 0 unspecified atom stereocenters. The first-order chi connectivity index (χ1) is 59.6. The quantitative estimate of drug-likeness (QED) is 0.0744. The number of fused-ring (bicyclic) bond motifs is 16. The van der Waals surface area contributed by atoms with Gasteiger partial charge >= 0.3 is 7.60 Å². The maximum atomic E-state index is 15.0. The van der Waals surface area contributed by atoms with Gasteiger partial charge in [0.2, 0.25) is 0 Å². The summed E-state index contributed by atoms with van der Waals surface area (Å²) in [5, 5.41) is 0.468. The van der Waals surface area contributed by atoms with E-state index in [0.29, 0.717) is 5.30 Å². The molecule has 10 heterocycles. The Kier molecular flexibility index (Phi) is 21.0. The monoisotopic (exact) mass is 1650 g/mol. The molecule has 620 valence electrons. The van der Waals surface area contributed by atoms with Gasteiger partial charge in [-0.3, -0.25) is 13.6 Å². The van der Waals surface area contributed by atoms with Crippen LogP contribution in [-0.4, -0.2) is 51.1 Å². The highest BCUT2D eigenvalue weighted by Gasteiger charge is 2.38. The van der Waals surface area contributed by atoms with Gasteiger partial charge in [0.25, 0.3) is 0 Å². The fraction of sp³-hybridized carbons (Fsp3) is 0.204. The van der Waals surface area contributed by atoms with Crippen molar-refractivity contribution in [3.05, 3.63) is 322 Å². The first-order valence-electron chi connectivity index (χ1n) is 43.2. The molecule has 16 bridgehead atoms. The predicted molar refractivity (Wildman–Crippen MR) is 527 cm³/mol. The van der Waals surface area contributed by atoms with Gasteiger partial charge in [-0.2, -0.15) is 0 Å². The standard InChI is InChI=1S/C113H105N8O3P/c1-62-52-67(6)99(68(7)53-62)107-89-42-36-83(114-89)104(84-37-43-90(115-84)108(100-69(8)54-63(2)55-70(100)9)92-47-41-88(119-92)106(87-40-46-91(107)118-87)81-32-34-82(35-33-81)125(122,123-112(16,17)18)124-113(19,20)21)79-28-24-77(25-29-79)22-23-78-26-30-80(31-27-78)105-85-38-44-93(116-85)109(101-71(10)56-64(3)57-72(101)11)95-48-50-97(120-95)111(103-75(14)60-66(5)61-76(103)15)98-51-49-96(121-98)110(94-45-39-86(105)117-94)102-73(12)58-65(4)59-74(102)13/h24-61,114,116,119,121H,1-21H3. The van der Waals surface area contributed by atoms with Crippen molar-refractivity contribution < 1.29 is 13.6 Å². The number of aromatic amines is 4.